The van der Waals surface area contributed by atoms with E-state index in [1.807, 2.05) is 6.20 Å². The molecular weight excluding hydrogens is 138 g/mol. The van der Waals surface area contributed by atoms with Crippen LogP contribution in [0.3, 0.4) is 0 Å². The van der Waals surface area contributed by atoms with Gasteiger partial charge in [0.1, 0.15) is 0 Å². The minimum Gasteiger partial charge on any atom is -0.296 e. The minimum absolute atomic E-state index is 0.989. The van der Waals surface area contributed by atoms with Gasteiger partial charge in [-0.1, -0.05) is 0 Å². The van der Waals surface area contributed by atoms with Gasteiger partial charge in [0.2, 0.25) is 0 Å². The quantitative estimate of drug-likeness (QED) is 0.593. The van der Waals surface area contributed by atoms with E-state index in [4.69, 9.17) is 0 Å². The summed E-state index contributed by atoms with van der Waals surface area (Å²) in [7, 11) is 2.14. The zero-order chi connectivity index (χ0) is 7.84. The summed E-state index contributed by atoms with van der Waals surface area (Å²) in [6, 6.07) is 0. The molecule has 1 aliphatic heterocycles. The molecule has 0 amide bonds. The van der Waals surface area contributed by atoms with Crippen molar-refractivity contribution in [2.45, 2.75) is 26.6 Å². The van der Waals surface area contributed by atoms with E-state index < -0.39 is 0 Å². The molecule has 3 heteroatoms. The Morgan fingerprint density at radius 3 is 3.09 bits per heavy atom. The van der Waals surface area contributed by atoms with Gasteiger partial charge in [-0.15, -0.1) is 0 Å². The summed E-state index contributed by atoms with van der Waals surface area (Å²) in [5, 5.41) is 4.28. The Morgan fingerprint density at radius 2 is 2.36 bits per heavy atom. The Kier molecular flexibility index (Phi) is 1.46. The van der Waals surface area contributed by atoms with Gasteiger partial charge in [-0.2, -0.15) is 5.10 Å². The largest absolute Gasteiger partial charge is 0.296 e. The zero-order valence-electron chi connectivity index (χ0n) is 7.04. The molecule has 1 aromatic heterocycles. The SMILES string of the molecule is CCn1ncc2c1CN(C)C2. The van der Waals surface area contributed by atoms with Crippen LogP contribution in [0.2, 0.25) is 0 Å². The molecule has 11 heavy (non-hydrogen) atoms. The van der Waals surface area contributed by atoms with Crippen LogP contribution >= 0.6 is 0 Å². The van der Waals surface area contributed by atoms with Crippen LogP contribution in [0, 0.1) is 0 Å². The molecule has 0 radical (unpaired) electrons. The molecule has 2 rings (SSSR count). The second-order valence-electron chi connectivity index (χ2n) is 3.10. The van der Waals surface area contributed by atoms with Crippen molar-refractivity contribution in [2.75, 3.05) is 7.05 Å². The second-order valence-corrected chi connectivity index (χ2v) is 3.10. The lowest BCUT2D eigenvalue weighted by molar-refractivity contribution is 0.342. The van der Waals surface area contributed by atoms with Crippen LogP contribution < -0.4 is 0 Å². The van der Waals surface area contributed by atoms with Gasteiger partial charge in [-0.3, -0.25) is 9.58 Å². The molecule has 3 nitrogen and oxygen atoms in total. The molecule has 0 saturated carbocycles. The molecule has 0 unspecified atom stereocenters. The lowest BCUT2D eigenvalue weighted by Gasteiger charge is -2.06. The summed E-state index contributed by atoms with van der Waals surface area (Å²) < 4.78 is 2.08. The number of aromatic nitrogens is 2. The monoisotopic (exact) mass is 151 g/mol. The summed E-state index contributed by atoms with van der Waals surface area (Å²) in [5.74, 6) is 0. The number of aryl methyl sites for hydroxylation is 1. The maximum Gasteiger partial charge on any atom is 0.0569 e. The van der Waals surface area contributed by atoms with Crippen molar-refractivity contribution in [1.82, 2.24) is 14.7 Å². The zero-order valence-corrected chi connectivity index (χ0v) is 7.04. The fourth-order valence-corrected chi connectivity index (χ4v) is 1.64. The lowest BCUT2D eigenvalue weighted by atomic mass is 10.3. The van der Waals surface area contributed by atoms with Crippen LogP contribution in [-0.4, -0.2) is 21.7 Å². The first kappa shape index (κ1) is 6.85. The summed E-state index contributed by atoms with van der Waals surface area (Å²) in [4.78, 5) is 2.30. The topological polar surface area (TPSA) is 21.1 Å². The third kappa shape index (κ3) is 0.959. The lowest BCUT2D eigenvalue weighted by Crippen LogP contribution is -2.11. The summed E-state index contributed by atoms with van der Waals surface area (Å²) >= 11 is 0. The molecule has 1 aliphatic rings. The molecule has 2 heterocycles. The number of hydrogen-bond donors (Lipinski definition) is 0. The van der Waals surface area contributed by atoms with Gasteiger partial charge in [0, 0.05) is 25.2 Å². The highest BCUT2D eigenvalue weighted by molar-refractivity contribution is 5.21. The van der Waals surface area contributed by atoms with E-state index in [2.05, 4.69) is 28.7 Å². The van der Waals surface area contributed by atoms with Crippen molar-refractivity contribution < 1.29 is 0 Å². The van der Waals surface area contributed by atoms with Gasteiger partial charge in [0.15, 0.2) is 0 Å². The van der Waals surface area contributed by atoms with Crippen LogP contribution in [0.15, 0.2) is 6.20 Å². The molecule has 0 bridgehead atoms. The highest BCUT2D eigenvalue weighted by atomic mass is 15.3. The van der Waals surface area contributed by atoms with Gasteiger partial charge in [0.05, 0.1) is 11.9 Å². The van der Waals surface area contributed by atoms with E-state index in [-0.39, 0.29) is 0 Å². The van der Waals surface area contributed by atoms with Crippen molar-refractivity contribution in [1.29, 1.82) is 0 Å². The van der Waals surface area contributed by atoms with Crippen LogP contribution in [0.5, 0.6) is 0 Å². The first-order chi connectivity index (χ1) is 5.31. The number of hydrogen-bond acceptors (Lipinski definition) is 2. The van der Waals surface area contributed by atoms with E-state index in [0.717, 1.165) is 19.6 Å². The molecule has 0 spiro atoms. The van der Waals surface area contributed by atoms with E-state index in [9.17, 15) is 0 Å². The first-order valence-corrected chi connectivity index (χ1v) is 4.03. The minimum atomic E-state index is 0.989. The third-order valence-electron chi connectivity index (χ3n) is 2.19. The predicted octanol–water partition coefficient (Wildman–Crippen LogP) is 0.848. The molecule has 1 aromatic rings. The van der Waals surface area contributed by atoms with E-state index >= 15 is 0 Å². The Labute approximate surface area is 66.6 Å². The Morgan fingerprint density at radius 1 is 1.55 bits per heavy atom. The number of nitrogens with zero attached hydrogens (tertiary/aromatic N) is 3. The molecule has 0 N–H and O–H groups in total. The van der Waals surface area contributed by atoms with Crippen LogP contribution in [0.1, 0.15) is 18.2 Å². The van der Waals surface area contributed by atoms with Crippen molar-refractivity contribution >= 4 is 0 Å². The van der Waals surface area contributed by atoms with Gasteiger partial charge in [-0.25, -0.2) is 0 Å². The smallest absolute Gasteiger partial charge is 0.0569 e. The predicted molar refractivity (Wildman–Crippen MR) is 43.1 cm³/mol. The number of fused-ring (bicyclic) bond motifs is 1. The van der Waals surface area contributed by atoms with Crippen molar-refractivity contribution in [3.8, 4) is 0 Å². The molecule has 0 atom stereocenters. The third-order valence-corrected chi connectivity index (χ3v) is 2.19. The van der Waals surface area contributed by atoms with Gasteiger partial charge < -0.3 is 0 Å². The van der Waals surface area contributed by atoms with Crippen molar-refractivity contribution in [2.24, 2.45) is 0 Å². The Balaban J connectivity index is 2.37. The standard InChI is InChI=1S/C8H13N3/c1-3-11-8-6-10(2)5-7(8)4-9-11/h4H,3,5-6H2,1-2H3. The maximum absolute atomic E-state index is 4.28. The Hall–Kier alpha value is -0.830. The van der Waals surface area contributed by atoms with Crippen molar-refractivity contribution in [3.05, 3.63) is 17.5 Å². The van der Waals surface area contributed by atoms with E-state index in [0.29, 0.717) is 0 Å². The van der Waals surface area contributed by atoms with Gasteiger partial charge >= 0.3 is 0 Å². The van der Waals surface area contributed by atoms with Crippen LogP contribution in [0.25, 0.3) is 0 Å². The second kappa shape index (κ2) is 2.34. The highest BCUT2D eigenvalue weighted by Gasteiger charge is 2.19. The molecule has 0 aliphatic carbocycles. The number of rotatable bonds is 1. The summed E-state index contributed by atoms with van der Waals surface area (Å²) in [6.07, 6.45) is 1.99. The van der Waals surface area contributed by atoms with Gasteiger partial charge in [0.25, 0.3) is 0 Å². The van der Waals surface area contributed by atoms with Crippen molar-refractivity contribution in [3.63, 3.8) is 0 Å². The van der Waals surface area contributed by atoms with E-state index in [1.54, 1.807) is 0 Å². The van der Waals surface area contributed by atoms with Crippen LogP contribution in [0.4, 0.5) is 0 Å². The average molecular weight is 151 g/mol. The molecule has 60 valence electrons. The molecular formula is C8H13N3. The maximum atomic E-state index is 4.28. The fourth-order valence-electron chi connectivity index (χ4n) is 1.64. The van der Waals surface area contributed by atoms with E-state index in [1.165, 1.54) is 11.3 Å². The fraction of sp³-hybridized carbons (Fsp3) is 0.625. The summed E-state index contributed by atoms with van der Waals surface area (Å²) in [6.45, 7) is 5.24. The Bertz CT molecular complexity index is 264. The molecule has 0 fully saturated rings. The van der Waals surface area contributed by atoms with Gasteiger partial charge in [-0.05, 0) is 14.0 Å². The highest BCUT2D eigenvalue weighted by Crippen LogP contribution is 2.20. The average Bonchev–Trinajstić information content (AvgIpc) is 2.45. The van der Waals surface area contributed by atoms with Crippen LogP contribution in [-0.2, 0) is 19.6 Å². The normalized spacial score (nSPS) is 17.3. The summed E-state index contributed by atoms with van der Waals surface area (Å²) in [5.41, 5.74) is 2.80. The molecule has 0 saturated heterocycles. The first-order valence-electron chi connectivity index (χ1n) is 4.03. The molecule has 0 aromatic carbocycles.